The first-order chi connectivity index (χ1) is 9.06. The molecule has 1 rings (SSSR count). The van der Waals surface area contributed by atoms with Crippen LogP contribution in [0.4, 0.5) is 5.69 Å². The zero-order valence-electron chi connectivity index (χ0n) is 11.0. The van der Waals surface area contributed by atoms with E-state index in [-0.39, 0.29) is 23.5 Å². The molecule has 0 aliphatic carbocycles. The molecule has 1 aromatic rings. The monoisotopic (exact) mass is 265 g/mol. The first kappa shape index (κ1) is 15.3. The fourth-order valence-corrected chi connectivity index (χ4v) is 1.94. The average molecular weight is 265 g/mol. The third-order valence-corrected chi connectivity index (χ3v) is 2.97. The molecule has 0 amide bonds. The van der Waals surface area contributed by atoms with Crippen LogP contribution in [-0.4, -0.2) is 15.8 Å². The highest BCUT2D eigenvalue weighted by Gasteiger charge is 2.21. The zero-order chi connectivity index (χ0) is 14.3. The van der Waals surface area contributed by atoms with E-state index in [9.17, 15) is 20.0 Å². The third-order valence-electron chi connectivity index (χ3n) is 2.97. The van der Waals surface area contributed by atoms with Crippen molar-refractivity contribution in [2.24, 2.45) is 0 Å². The van der Waals surface area contributed by atoms with Crippen molar-refractivity contribution in [2.75, 3.05) is 0 Å². The minimum atomic E-state index is -1.10. The molecule has 19 heavy (non-hydrogen) atoms. The Bertz CT molecular complexity index is 445. The smallest absolute Gasteiger partial charge is 0.275 e. The fourth-order valence-electron chi connectivity index (χ4n) is 1.94. The SMILES string of the molecule is CCCCCC(=O)CC(O)c1ccccc1[N+](=O)[O-]. The van der Waals surface area contributed by atoms with Gasteiger partial charge >= 0.3 is 0 Å². The Balaban J connectivity index is 2.65. The molecule has 0 aromatic heterocycles. The van der Waals surface area contributed by atoms with Crippen molar-refractivity contribution in [3.63, 3.8) is 0 Å². The number of Topliss-reactive ketones (excluding diaryl/α,β-unsaturated/α-hetero) is 1. The lowest BCUT2D eigenvalue weighted by molar-refractivity contribution is -0.386. The number of rotatable bonds is 8. The Morgan fingerprint density at radius 2 is 2.05 bits per heavy atom. The van der Waals surface area contributed by atoms with Gasteiger partial charge in [-0.05, 0) is 12.5 Å². The van der Waals surface area contributed by atoms with Crippen LogP contribution >= 0.6 is 0 Å². The second-order valence-electron chi connectivity index (χ2n) is 4.53. The van der Waals surface area contributed by atoms with Crippen LogP contribution in [0.3, 0.4) is 0 Å². The van der Waals surface area contributed by atoms with E-state index in [0.717, 1.165) is 19.3 Å². The van der Waals surface area contributed by atoms with E-state index >= 15 is 0 Å². The maximum atomic E-state index is 11.7. The van der Waals surface area contributed by atoms with E-state index in [0.29, 0.717) is 6.42 Å². The Morgan fingerprint density at radius 1 is 1.37 bits per heavy atom. The number of carbonyl (C=O) groups excluding carboxylic acids is 1. The lowest BCUT2D eigenvalue weighted by Crippen LogP contribution is -2.08. The van der Waals surface area contributed by atoms with Crippen molar-refractivity contribution in [2.45, 2.75) is 45.1 Å². The zero-order valence-corrected chi connectivity index (χ0v) is 11.0. The highest BCUT2D eigenvalue weighted by molar-refractivity contribution is 5.79. The van der Waals surface area contributed by atoms with Crippen molar-refractivity contribution >= 4 is 11.5 Å². The molecule has 0 spiro atoms. The Hall–Kier alpha value is -1.75. The molecule has 0 radical (unpaired) electrons. The second kappa shape index (κ2) is 7.63. The number of hydrogen-bond donors (Lipinski definition) is 1. The summed E-state index contributed by atoms with van der Waals surface area (Å²) in [5, 5.41) is 20.8. The maximum absolute atomic E-state index is 11.7. The summed E-state index contributed by atoms with van der Waals surface area (Å²) in [6.07, 6.45) is 2.07. The highest BCUT2D eigenvalue weighted by Crippen LogP contribution is 2.27. The minimum absolute atomic E-state index is 0.0564. The highest BCUT2D eigenvalue weighted by atomic mass is 16.6. The number of aliphatic hydroxyl groups excluding tert-OH is 1. The molecule has 0 saturated heterocycles. The number of carbonyl (C=O) groups is 1. The number of nitro benzene ring substituents is 1. The van der Waals surface area contributed by atoms with E-state index in [1.165, 1.54) is 18.2 Å². The van der Waals surface area contributed by atoms with E-state index in [1.54, 1.807) is 6.07 Å². The maximum Gasteiger partial charge on any atom is 0.275 e. The molecule has 0 aliphatic rings. The molecule has 1 aromatic carbocycles. The number of para-hydroxylation sites is 1. The van der Waals surface area contributed by atoms with Crippen LogP contribution in [-0.2, 0) is 4.79 Å². The number of unbranched alkanes of at least 4 members (excludes halogenated alkanes) is 2. The minimum Gasteiger partial charge on any atom is -0.388 e. The summed E-state index contributed by atoms with van der Waals surface area (Å²) in [5.41, 5.74) is 0.0627. The number of hydrogen-bond acceptors (Lipinski definition) is 4. The first-order valence-corrected chi connectivity index (χ1v) is 6.49. The molecule has 0 bridgehead atoms. The number of benzene rings is 1. The topological polar surface area (TPSA) is 80.4 Å². The molecule has 0 saturated carbocycles. The van der Waals surface area contributed by atoms with Gasteiger partial charge in [-0.2, -0.15) is 0 Å². The summed E-state index contributed by atoms with van der Waals surface area (Å²) < 4.78 is 0. The van der Waals surface area contributed by atoms with Crippen molar-refractivity contribution in [1.82, 2.24) is 0 Å². The predicted octanol–water partition coefficient (Wildman–Crippen LogP) is 3.17. The molecule has 5 heteroatoms. The summed E-state index contributed by atoms with van der Waals surface area (Å²) >= 11 is 0. The normalized spacial score (nSPS) is 12.1. The van der Waals surface area contributed by atoms with Crippen molar-refractivity contribution < 1.29 is 14.8 Å². The second-order valence-corrected chi connectivity index (χ2v) is 4.53. The summed E-state index contributed by atoms with van der Waals surface area (Å²) in [6, 6.07) is 5.98. The van der Waals surface area contributed by atoms with E-state index in [1.807, 2.05) is 6.92 Å². The number of aliphatic hydroxyl groups is 1. The molecule has 0 heterocycles. The van der Waals surface area contributed by atoms with Crippen LogP contribution in [0.2, 0.25) is 0 Å². The van der Waals surface area contributed by atoms with Gasteiger partial charge in [0.05, 0.1) is 16.6 Å². The van der Waals surface area contributed by atoms with Crippen LogP contribution in [0.1, 0.15) is 50.7 Å². The standard InChI is InChI=1S/C14H19NO4/c1-2-3-4-7-11(16)10-14(17)12-8-5-6-9-13(12)15(18)19/h5-6,8-9,14,17H,2-4,7,10H2,1H3. The van der Waals surface area contributed by atoms with Crippen LogP contribution in [0.25, 0.3) is 0 Å². The van der Waals surface area contributed by atoms with Gasteiger partial charge in [0.25, 0.3) is 5.69 Å². The van der Waals surface area contributed by atoms with Gasteiger partial charge in [-0.1, -0.05) is 31.9 Å². The molecule has 1 unspecified atom stereocenters. The molecule has 1 N–H and O–H groups in total. The lowest BCUT2D eigenvalue weighted by Gasteiger charge is -2.10. The van der Waals surface area contributed by atoms with Crippen molar-refractivity contribution in [1.29, 1.82) is 0 Å². The molecule has 0 fully saturated rings. The molecular weight excluding hydrogens is 246 g/mol. The first-order valence-electron chi connectivity index (χ1n) is 6.49. The van der Waals surface area contributed by atoms with E-state index < -0.39 is 11.0 Å². The van der Waals surface area contributed by atoms with Gasteiger partial charge in [0.1, 0.15) is 5.78 Å². The summed E-state index contributed by atoms with van der Waals surface area (Å²) in [5.74, 6) is -0.0564. The van der Waals surface area contributed by atoms with Gasteiger partial charge in [0.15, 0.2) is 0 Å². The summed E-state index contributed by atoms with van der Waals surface area (Å²) in [6.45, 7) is 2.05. The van der Waals surface area contributed by atoms with Crippen LogP contribution in [0.15, 0.2) is 24.3 Å². The molecule has 104 valence electrons. The van der Waals surface area contributed by atoms with Crippen LogP contribution in [0, 0.1) is 10.1 Å². The van der Waals surface area contributed by atoms with Crippen LogP contribution < -0.4 is 0 Å². The predicted molar refractivity (Wildman–Crippen MR) is 71.8 cm³/mol. The van der Waals surface area contributed by atoms with Crippen molar-refractivity contribution in [3.05, 3.63) is 39.9 Å². The number of nitrogens with zero attached hydrogens (tertiary/aromatic N) is 1. The molecule has 0 aliphatic heterocycles. The van der Waals surface area contributed by atoms with Crippen molar-refractivity contribution in [3.8, 4) is 0 Å². The fraction of sp³-hybridized carbons (Fsp3) is 0.500. The summed E-state index contributed by atoms with van der Waals surface area (Å²) in [4.78, 5) is 21.9. The Morgan fingerprint density at radius 3 is 2.68 bits per heavy atom. The Labute approximate surface area is 112 Å². The Kier molecular flexibility index (Phi) is 6.15. The lowest BCUT2D eigenvalue weighted by atomic mass is 10.00. The van der Waals surface area contributed by atoms with Gasteiger partial charge < -0.3 is 5.11 Å². The largest absolute Gasteiger partial charge is 0.388 e. The van der Waals surface area contributed by atoms with Crippen LogP contribution in [0.5, 0.6) is 0 Å². The summed E-state index contributed by atoms with van der Waals surface area (Å²) in [7, 11) is 0. The third kappa shape index (κ3) is 4.79. The van der Waals surface area contributed by atoms with E-state index in [2.05, 4.69) is 0 Å². The van der Waals surface area contributed by atoms with Gasteiger partial charge in [-0.15, -0.1) is 0 Å². The molecule has 1 atom stereocenters. The number of nitro groups is 1. The molecular formula is C14H19NO4. The van der Waals surface area contributed by atoms with Gasteiger partial charge in [0, 0.05) is 18.9 Å². The van der Waals surface area contributed by atoms with Gasteiger partial charge in [-0.3, -0.25) is 14.9 Å². The quantitative estimate of drug-likeness (QED) is 0.444. The average Bonchev–Trinajstić information content (AvgIpc) is 2.39. The molecule has 5 nitrogen and oxygen atoms in total. The van der Waals surface area contributed by atoms with Gasteiger partial charge in [-0.25, -0.2) is 0 Å². The van der Waals surface area contributed by atoms with Gasteiger partial charge in [0.2, 0.25) is 0 Å². The van der Waals surface area contributed by atoms with E-state index in [4.69, 9.17) is 0 Å². The number of ketones is 1.